The monoisotopic (exact) mass is 410 g/mol. The van der Waals surface area contributed by atoms with Crippen molar-refractivity contribution in [1.29, 1.82) is 0 Å². The molecule has 2 saturated heterocycles. The van der Waals surface area contributed by atoms with Crippen LogP contribution in [0.15, 0.2) is 0 Å². The third-order valence-electron chi connectivity index (χ3n) is 5.23. The van der Waals surface area contributed by atoms with E-state index in [0.29, 0.717) is 5.92 Å². The minimum atomic E-state index is -1.36. The van der Waals surface area contributed by atoms with E-state index in [0.717, 1.165) is 25.8 Å². The molecule has 26 heavy (non-hydrogen) atoms. The number of alkyl halides is 1. The van der Waals surface area contributed by atoms with Crippen LogP contribution in [0.2, 0.25) is 0 Å². The van der Waals surface area contributed by atoms with Crippen LogP contribution in [0.4, 0.5) is 0 Å². The van der Waals surface area contributed by atoms with Gasteiger partial charge in [0.25, 0.3) is 0 Å². The lowest BCUT2D eigenvalue weighted by atomic mass is 9.92. The predicted octanol–water partition coefficient (Wildman–Crippen LogP) is 0.0473. The van der Waals surface area contributed by atoms with Crippen LogP contribution in [0.1, 0.15) is 33.1 Å². The molecule has 2 aliphatic heterocycles. The minimum absolute atomic E-state index is 0.182. The van der Waals surface area contributed by atoms with Gasteiger partial charge in [-0.05, 0) is 38.5 Å². The van der Waals surface area contributed by atoms with Crippen molar-refractivity contribution in [3.05, 3.63) is 0 Å². The lowest BCUT2D eigenvalue weighted by Crippen LogP contribution is -2.65. The number of hydrogen-bond acceptors (Lipinski definition) is 7. The zero-order chi connectivity index (χ0) is 19.4. The fourth-order valence-electron chi connectivity index (χ4n) is 3.73. The SMILES string of the molecule is CCC[C@H]1CN[C@H](C(=O)N[C@@H]([C@H]2O[C@H](SC)[C@H](O)[C@@H](O)[C@H]2O)[C@@H](C)Cl)C1. The Bertz CT molecular complexity index is 470. The summed E-state index contributed by atoms with van der Waals surface area (Å²) in [5, 5.41) is 36.1. The maximum atomic E-state index is 12.7. The zero-order valence-electron chi connectivity index (χ0n) is 15.5. The summed E-state index contributed by atoms with van der Waals surface area (Å²) in [6.45, 7) is 4.65. The van der Waals surface area contributed by atoms with Gasteiger partial charge in [0.1, 0.15) is 29.9 Å². The van der Waals surface area contributed by atoms with Crippen molar-refractivity contribution < 1.29 is 24.9 Å². The third kappa shape index (κ3) is 5.04. The molecule has 1 amide bonds. The van der Waals surface area contributed by atoms with Gasteiger partial charge >= 0.3 is 0 Å². The summed E-state index contributed by atoms with van der Waals surface area (Å²) in [6.07, 6.45) is -0.144. The fourth-order valence-corrected chi connectivity index (χ4v) is 4.61. The zero-order valence-corrected chi connectivity index (χ0v) is 17.0. The highest BCUT2D eigenvalue weighted by Gasteiger charge is 2.48. The summed E-state index contributed by atoms with van der Waals surface area (Å²) in [6, 6.07) is -0.986. The van der Waals surface area contributed by atoms with Gasteiger partial charge in [0.15, 0.2) is 0 Å². The van der Waals surface area contributed by atoms with E-state index >= 15 is 0 Å². The molecule has 9 atom stereocenters. The molecule has 0 radical (unpaired) electrons. The van der Waals surface area contributed by atoms with Crippen molar-refractivity contribution >= 4 is 29.3 Å². The molecule has 7 nitrogen and oxygen atoms in total. The Balaban J connectivity index is 2.05. The summed E-state index contributed by atoms with van der Waals surface area (Å²) in [4.78, 5) is 12.7. The summed E-state index contributed by atoms with van der Waals surface area (Å²) < 4.78 is 5.76. The smallest absolute Gasteiger partial charge is 0.237 e. The Kier molecular flexibility index (Phi) is 8.46. The largest absolute Gasteiger partial charge is 0.388 e. The normalized spacial score (nSPS) is 40.2. The van der Waals surface area contributed by atoms with E-state index in [4.69, 9.17) is 16.3 Å². The number of carbonyl (C=O) groups excluding carboxylic acids is 1. The van der Waals surface area contributed by atoms with E-state index in [1.165, 1.54) is 11.8 Å². The van der Waals surface area contributed by atoms with Gasteiger partial charge in [-0.3, -0.25) is 4.79 Å². The van der Waals surface area contributed by atoms with Crippen LogP contribution in [-0.4, -0.2) is 81.3 Å². The van der Waals surface area contributed by atoms with Crippen molar-refractivity contribution in [3.63, 3.8) is 0 Å². The van der Waals surface area contributed by atoms with Crippen LogP contribution in [-0.2, 0) is 9.53 Å². The van der Waals surface area contributed by atoms with Crippen molar-refractivity contribution in [2.24, 2.45) is 5.92 Å². The number of hydrogen-bond donors (Lipinski definition) is 5. The second kappa shape index (κ2) is 9.91. The van der Waals surface area contributed by atoms with Crippen molar-refractivity contribution in [1.82, 2.24) is 10.6 Å². The molecule has 2 heterocycles. The van der Waals surface area contributed by atoms with Gasteiger partial charge < -0.3 is 30.7 Å². The van der Waals surface area contributed by atoms with Gasteiger partial charge in [0.05, 0.1) is 17.5 Å². The van der Waals surface area contributed by atoms with E-state index in [2.05, 4.69) is 17.6 Å². The van der Waals surface area contributed by atoms with Crippen LogP contribution in [0.5, 0.6) is 0 Å². The van der Waals surface area contributed by atoms with Crippen LogP contribution < -0.4 is 10.6 Å². The Morgan fingerprint density at radius 3 is 2.62 bits per heavy atom. The van der Waals surface area contributed by atoms with Gasteiger partial charge in [0.2, 0.25) is 5.91 Å². The molecule has 0 aromatic carbocycles. The van der Waals surface area contributed by atoms with E-state index in [9.17, 15) is 20.1 Å². The average molecular weight is 411 g/mol. The number of nitrogens with one attached hydrogen (secondary N) is 2. The molecule has 9 heteroatoms. The first-order chi connectivity index (χ1) is 12.3. The first kappa shape index (κ1) is 22.2. The summed E-state index contributed by atoms with van der Waals surface area (Å²) >= 11 is 7.50. The van der Waals surface area contributed by atoms with Gasteiger partial charge in [-0.1, -0.05) is 13.3 Å². The molecule has 152 valence electrons. The van der Waals surface area contributed by atoms with Gasteiger partial charge in [-0.2, -0.15) is 0 Å². The van der Waals surface area contributed by atoms with E-state index < -0.39 is 41.3 Å². The van der Waals surface area contributed by atoms with Crippen molar-refractivity contribution in [3.8, 4) is 0 Å². The van der Waals surface area contributed by atoms with Crippen LogP contribution in [0.25, 0.3) is 0 Å². The highest BCUT2D eigenvalue weighted by atomic mass is 35.5. The molecule has 2 rings (SSSR count). The lowest BCUT2D eigenvalue weighted by molar-refractivity contribution is -0.205. The molecule has 5 N–H and O–H groups in total. The number of aliphatic hydroxyl groups excluding tert-OH is 3. The number of ether oxygens (including phenoxy) is 1. The number of carbonyl (C=O) groups is 1. The minimum Gasteiger partial charge on any atom is -0.388 e. The molecule has 2 fully saturated rings. The highest BCUT2D eigenvalue weighted by Crippen LogP contribution is 2.30. The van der Waals surface area contributed by atoms with Gasteiger partial charge in [-0.25, -0.2) is 0 Å². The van der Waals surface area contributed by atoms with Crippen LogP contribution in [0, 0.1) is 5.92 Å². The molecule has 2 aliphatic rings. The topological polar surface area (TPSA) is 111 Å². The standard InChI is InChI=1S/C17H31ClN2O5S/c1-4-5-9-6-10(19-7-9)16(24)20-11(8(2)18)15-13(22)12(21)14(23)17(25-15)26-3/h8-15,17,19,21-23H,4-7H2,1-3H3,(H,20,24)/t8-,9-,10+,11-,12+,13-,14-,15-,17-/m1/s1. The molecule has 0 spiro atoms. The molecule has 0 unspecified atom stereocenters. The predicted molar refractivity (Wildman–Crippen MR) is 102 cm³/mol. The Labute approximate surface area is 164 Å². The second-order valence-corrected chi connectivity index (χ2v) is 8.86. The first-order valence-corrected chi connectivity index (χ1v) is 10.9. The molecular weight excluding hydrogens is 380 g/mol. The van der Waals surface area contributed by atoms with E-state index in [-0.39, 0.29) is 11.9 Å². The molecule has 0 bridgehead atoms. The number of halogens is 1. The van der Waals surface area contributed by atoms with Gasteiger partial charge in [-0.15, -0.1) is 23.4 Å². The Hall–Kier alpha value is -0.0900. The molecule has 0 aromatic rings. The van der Waals surface area contributed by atoms with Crippen molar-refractivity contribution in [2.75, 3.05) is 12.8 Å². The first-order valence-electron chi connectivity index (χ1n) is 9.20. The summed E-state index contributed by atoms with van der Waals surface area (Å²) in [5.74, 6) is 0.301. The Morgan fingerprint density at radius 2 is 2.04 bits per heavy atom. The summed E-state index contributed by atoms with van der Waals surface area (Å²) in [5.41, 5.74) is -0.702. The molecule has 0 aromatic heterocycles. The Morgan fingerprint density at radius 1 is 1.35 bits per heavy atom. The fraction of sp³-hybridized carbons (Fsp3) is 0.941. The quantitative estimate of drug-likeness (QED) is 0.377. The summed E-state index contributed by atoms with van der Waals surface area (Å²) in [7, 11) is 0. The number of amides is 1. The van der Waals surface area contributed by atoms with E-state index in [1.807, 2.05) is 0 Å². The number of rotatable bonds is 7. The van der Waals surface area contributed by atoms with Crippen LogP contribution in [0.3, 0.4) is 0 Å². The maximum absolute atomic E-state index is 12.7. The highest BCUT2D eigenvalue weighted by molar-refractivity contribution is 7.99. The van der Waals surface area contributed by atoms with Crippen LogP contribution >= 0.6 is 23.4 Å². The average Bonchev–Trinajstić information content (AvgIpc) is 3.07. The van der Waals surface area contributed by atoms with Crippen molar-refractivity contribution in [2.45, 2.75) is 80.4 Å². The number of aliphatic hydroxyl groups is 3. The third-order valence-corrected chi connectivity index (χ3v) is 6.36. The molecule has 0 aliphatic carbocycles. The second-order valence-electron chi connectivity index (χ2n) is 7.24. The lowest BCUT2D eigenvalue weighted by Gasteiger charge is -2.44. The molecule has 0 saturated carbocycles. The van der Waals surface area contributed by atoms with Gasteiger partial charge in [0, 0.05) is 0 Å². The number of thioether (sulfide) groups is 1. The molecular formula is C17H31ClN2O5S. The maximum Gasteiger partial charge on any atom is 0.237 e. The van der Waals surface area contributed by atoms with E-state index in [1.54, 1.807) is 13.2 Å².